The summed E-state index contributed by atoms with van der Waals surface area (Å²) < 4.78 is 2.45. The van der Waals surface area contributed by atoms with Gasteiger partial charge in [0.15, 0.2) is 0 Å². The fourth-order valence-electron chi connectivity index (χ4n) is 9.84. The summed E-state index contributed by atoms with van der Waals surface area (Å²) in [5, 5.41) is 4.90. The molecule has 0 radical (unpaired) electrons. The van der Waals surface area contributed by atoms with E-state index in [0.29, 0.717) is 0 Å². The van der Waals surface area contributed by atoms with Crippen molar-refractivity contribution in [3.63, 3.8) is 0 Å². The summed E-state index contributed by atoms with van der Waals surface area (Å²) in [6.45, 7) is 0. The van der Waals surface area contributed by atoms with E-state index in [4.69, 9.17) is 0 Å². The monoisotopic (exact) mass is 840 g/mol. The molecule has 0 spiro atoms. The number of hydrogen-bond acceptors (Lipinski definition) is 1. The molecule has 1 aromatic heterocycles. The molecule has 12 rings (SSSR count). The average molecular weight is 841 g/mol. The van der Waals surface area contributed by atoms with Crippen LogP contribution in [0.3, 0.4) is 0 Å². The van der Waals surface area contributed by atoms with Crippen LogP contribution < -0.4 is 4.90 Å². The Hall–Kier alpha value is -8.72. The van der Waals surface area contributed by atoms with E-state index in [1.807, 2.05) is 0 Å². The molecule has 2 heteroatoms. The molecule has 0 N–H and O–H groups in total. The van der Waals surface area contributed by atoms with Crippen LogP contribution in [-0.4, -0.2) is 4.57 Å². The molecule has 11 aromatic carbocycles. The van der Waals surface area contributed by atoms with Crippen molar-refractivity contribution in [1.82, 2.24) is 4.57 Å². The van der Waals surface area contributed by atoms with Crippen molar-refractivity contribution in [3.8, 4) is 61.3 Å². The van der Waals surface area contributed by atoms with Gasteiger partial charge in [0.2, 0.25) is 0 Å². The number of nitrogens with zero attached hydrogens (tertiary/aromatic N) is 2. The van der Waals surface area contributed by atoms with Gasteiger partial charge in [-0.2, -0.15) is 0 Å². The summed E-state index contributed by atoms with van der Waals surface area (Å²) in [5.74, 6) is 0. The smallest absolute Gasteiger partial charge is 0.0625 e. The zero-order valence-corrected chi connectivity index (χ0v) is 36.3. The standard InChI is InChI=1S/C64H44N2/c1-6-21-45(22-7-1)51-37-52(46-23-8-2-9-24-46)41-57(40-51)65(58-42-53(47-25-10-3-11-26-47)38-54(43-58)48-27-12-4-13-28-48)56-33-20-30-49(39-56)61-44-50-29-16-17-34-59(50)64-63(61)60-35-18-19-36-62(60)66(64)55-31-14-5-15-32-55/h1-44H. The van der Waals surface area contributed by atoms with E-state index in [9.17, 15) is 0 Å². The molecular weight excluding hydrogens is 797 g/mol. The summed E-state index contributed by atoms with van der Waals surface area (Å²) in [6, 6.07) is 97.1. The van der Waals surface area contributed by atoms with Gasteiger partial charge in [0.25, 0.3) is 0 Å². The van der Waals surface area contributed by atoms with Crippen LogP contribution in [0.25, 0.3) is 93.9 Å². The van der Waals surface area contributed by atoms with Crippen LogP contribution in [0.2, 0.25) is 0 Å². The van der Waals surface area contributed by atoms with Crippen LogP contribution in [0.5, 0.6) is 0 Å². The minimum Gasteiger partial charge on any atom is -0.310 e. The Balaban J connectivity index is 1.15. The van der Waals surface area contributed by atoms with Crippen LogP contribution in [0, 0.1) is 0 Å². The van der Waals surface area contributed by atoms with Crippen molar-refractivity contribution in [3.05, 3.63) is 267 Å². The van der Waals surface area contributed by atoms with E-state index in [1.165, 1.54) is 60.4 Å². The first-order valence-electron chi connectivity index (χ1n) is 22.7. The molecule has 12 aromatic rings. The molecule has 0 saturated heterocycles. The minimum atomic E-state index is 1.06. The molecule has 310 valence electrons. The fraction of sp³-hybridized carbons (Fsp3) is 0. The van der Waals surface area contributed by atoms with Crippen molar-refractivity contribution in [2.75, 3.05) is 4.90 Å². The van der Waals surface area contributed by atoms with E-state index in [2.05, 4.69) is 276 Å². The lowest BCUT2D eigenvalue weighted by Gasteiger charge is -2.28. The van der Waals surface area contributed by atoms with Gasteiger partial charge in [-0.1, -0.05) is 194 Å². The van der Waals surface area contributed by atoms with E-state index < -0.39 is 0 Å². The second-order valence-electron chi connectivity index (χ2n) is 16.9. The number of benzene rings is 11. The highest BCUT2D eigenvalue weighted by atomic mass is 15.1. The molecule has 1 heterocycles. The van der Waals surface area contributed by atoms with Crippen molar-refractivity contribution in [1.29, 1.82) is 0 Å². The molecule has 0 atom stereocenters. The van der Waals surface area contributed by atoms with Crippen LogP contribution in [0.15, 0.2) is 267 Å². The molecule has 0 bridgehead atoms. The molecule has 0 unspecified atom stereocenters. The number of anilines is 3. The lowest BCUT2D eigenvalue weighted by Crippen LogP contribution is -2.11. The number of para-hydroxylation sites is 2. The Morgan fingerprint density at radius 1 is 0.273 bits per heavy atom. The number of rotatable bonds is 9. The lowest BCUT2D eigenvalue weighted by molar-refractivity contribution is 1.19. The van der Waals surface area contributed by atoms with E-state index >= 15 is 0 Å². The summed E-state index contributed by atoms with van der Waals surface area (Å²) in [7, 11) is 0. The largest absolute Gasteiger partial charge is 0.310 e. The van der Waals surface area contributed by atoms with Crippen LogP contribution >= 0.6 is 0 Å². The third-order valence-corrected chi connectivity index (χ3v) is 12.9. The third-order valence-electron chi connectivity index (χ3n) is 12.9. The van der Waals surface area contributed by atoms with Crippen molar-refractivity contribution < 1.29 is 0 Å². The van der Waals surface area contributed by atoms with E-state index in [-0.39, 0.29) is 0 Å². The van der Waals surface area contributed by atoms with Crippen molar-refractivity contribution in [2.24, 2.45) is 0 Å². The summed E-state index contributed by atoms with van der Waals surface area (Å²) >= 11 is 0. The van der Waals surface area contributed by atoms with E-state index in [0.717, 1.165) is 50.6 Å². The van der Waals surface area contributed by atoms with Crippen molar-refractivity contribution in [2.45, 2.75) is 0 Å². The first-order chi connectivity index (χ1) is 32.7. The topological polar surface area (TPSA) is 8.17 Å². The van der Waals surface area contributed by atoms with Gasteiger partial charge < -0.3 is 9.47 Å². The predicted molar refractivity (Wildman–Crippen MR) is 280 cm³/mol. The minimum absolute atomic E-state index is 1.06. The summed E-state index contributed by atoms with van der Waals surface area (Å²) in [6.07, 6.45) is 0. The Bertz CT molecular complexity index is 3430. The van der Waals surface area contributed by atoms with Gasteiger partial charge in [-0.15, -0.1) is 0 Å². The Morgan fingerprint density at radius 2 is 0.682 bits per heavy atom. The maximum absolute atomic E-state index is 2.47. The lowest BCUT2D eigenvalue weighted by atomic mass is 9.94. The Labute approximate surface area is 385 Å². The molecule has 0 aliphatic rings. The molecule has 0 aliphatic carbocycles. The Morgan fingerprint density at radius 3 is 1.20 bits per heavy atom. The van der Waals surface area contributed by atoms with Gasteiger partial charge in [-0.25, -0.2) is 0 Å². The Kier molecular flexibility index (Phi) is 9.89. The van der Waals surface area contributed by atoms with E-state index in [1.54, 1.807) is 0 Å². The van der Waals surface area contributed by atoms with Gasteiger partial charge in [0, 0.05) is 38.9 Å². The highest BCUT2D eigenvalue weighted by molar-refractivity contribution is 6.24. The highest BCUT2D eigenvalue weighted by Gasteiger charge is 2.22. The van der Waals surface area contributed by atoms with Crippen LogP contribution in [0.4, 0.5) is 17.1 Å². The predicted octanol–water partition coefficient (Wildman–Crippen LogP) is 17.7. The number of fused-ring (bicyclic) bond motifs is 5. The molecule has 0 aliphatic heterocycles. The first kappa shape index (κ1) is 38.9. The SMILES string of the molecule is c1ccc(-c2cc(-c3ccccc3)cc(N(c3cc(-c4ccccc4)cc(-c4ccccc4)c3)c3cccc(-c4cc5ccccc5c5c4c4ccccc4n5-c4ccccc4)c3)c2)cc1. The second kappa shape index (κ2) is 16.8. The molecule has 0 fully saturated rings. The molecule has 2 nitrogen and oxygen atoms in total. The highest BCUT2D eigenvalue weighted by Crippen LogP contribution is 2.46. The van der Waals surface area contributed by atoms with Crippen LogP contribution in [-0.2, 0) is 0 Å². The normalized spacial score (nSPS) is 11.3. The van der Waals surface area contributed by atoms with Gasteiger partial charge >= 0.3 is 0 Å². The fourth-order valence-corrected chi connectivity index (χ4v) is 9.84. The average Bonchev–Trinajstić information content (AvgIpc) is 3.75. The van der Waals surface area contributed by atoms with Crippen molar-refractivity contribution >= 4 is 49.6 Å². The quantitative estimate of drug-likeness (QED) is 0.141. The third kappa shape index (κ3) is 7.12. The zero-order valence-electron chi connectivity index (χ0n) is 36.3. The van der Waals surface area contributed by atoms with Gasteiger partial charge in [-0.3, -0.25) is 0 Å². The second-order valence-corrected chi connectivity index (χ2v) is 16.9. The molecule has 66 heavy (non-hydrogen) atoms. The molecule has 0 saturated carbocycles. The number of hydrogen-bond donors (Lipinski definition) is 0. The van der Waals surface area contributed by atoms with Gasteiger partial charge in [-0.05, 0) is 134 Å². The van der Waals surface area contributed by atoms with Crippen LogP contribution in [0.1, 0.15) is 0 Å². The van der Waals surface area contributed by atoms with Gasteiger partial charge in [0.1, 0.15) is 0 Å². The summed E-state index contributed by atoms with van der Waals surface area (Å²) in [5.41, 5.74) is 18.4. The van der Waals surface area contributed by atoms with Gasteiger partial charge in [0.05, 0.1) is 11.0 Å². The summed E-state index contributed by atoms with van der Waals surface area (Å²) in [4.78, 5) is 2.47. The molecule has 0 amide bonds. The number of aromatic nitrogens is 1. The maximum atomic E-state index is 2.47. The molecular formula is C64H44N2. The first-order valence-corrected chi connectivity index (χ1v) is 22.7. The zero-order chi connectivity index (χ0) is 43.8. The maximum Gasteiger partial charge on any atom is 0.0625 e.